The van der Waals surface area contributed by atoms with Crippen molar-refractivity contribution in [3.05, 3.63) is 27.7 Å². The Morgan fingerprint density at radius 3 is 2.43 bits per heavy atom. The summed E-state index contributed by atoms with van der Waals surface area (Å²) < 4.78 is 5.08. The molecule has 2 rings (SSSR count). The van der Waals surface area contributed by atoms with Crippen molar-refractivity contribution in [2.45, 2.75) is 38.3 Å². The third kappa shape index (κ3) is 3.28. The molecule has 0 bridgehead atoms. The first-order valence-corrected chi connectivity index (χ1v) is 7.57. The molecule has 6 heteroatoms. The molecule has 4 nitrogen and oxygen atoms in total. The molecule has 21 heavy (non-hydrogen) atoms. The van der Waals surface area contributed by atoms with Crippen molar-refractivity contribution >= 4 is 29.1 Å². The zero-order chi connectivity index (χ0) is 15.8. The molecule has 1 aromatic carbocycles. The lowest BCUT2D eigenvalue weighted by Crippen LogP contribution is -2.48. The number of hydrogen-bond acceptors (Lipinski definition) is 3. The fourth-order valence-electron chi connectivity index (χ4n) is 2.79. The van der Waals surface area contributed by atoms with Gasteiger partial charge < -0.3 is 14.7 Å². The third-order valence-electron chi connectivity index (χ3n) is 3.78. The highest BCUT2D eigenvalue weighted by molar-refractivity contribution is 6.37. The first-order valence-electron chi connectivity index (χ1n) is 6.82. The maximum absolute atomic E-state index is 12.7. The molecular weight excluding hydrogens is 313 g/mol. The molecule has 1 atom stereocenters. The van der Waals surface area contributed by atoms with E-state index in [-0.39, 0.29) is 11.9 Å². The van der Waals surface area contributed by atoms with Gasteiger partial charge in [-0.1, -0.05) is 23.2 Å². The number of halogens is 2. The van der Waals surface area contributed by atoms with Gasteiger partial charge in [0, 0.05) is 12.1 Å². The number of carbonyl (C=O) groups is 1. The highest BCUT2D eigenvalue weighted by Crippen LogP contribution is 2.35. The minimum Gasteiger partial charge on any atom is -0.494 e. The summed E-state index contributed by atoms with van der Waals surface area (Å²) >= 11 is 12.2. The first kappa shape index (κ1) is 16.4. The number of ether oxygens (including phenoxy) is 1. The topological polar surface area (TPSA) is 49.8 Å². The van der Waals surface area contributed by atoms with Crippen molar-refractivity contribution in [2.24, 2.45) is 0 Å². The molecule has 0 radical (unpaired) electrons. The van der Waals surface area contributed by atoms with E-state index < -0.39 is 5.60 Å². The van der Waals surface area contributed by atoms with Crippen molar-refractivity contribution in [3.63, 3.8) is 0 Å². The summed E-state index contributed by atoms with van der Waals surface area (Å²) in [5.41, 5.74) is -0.534. The molecule has 0 aliphatic carbocycles. The number of likely N-dealkylation sites (tertiary alicyclic amines) is 1. The second-order valence-electron chi connectivity index (χ2n) is 5.78. The Kier molecular flexibility index (Phi) is 4.71. The SMILES string of the molecule is COc1c(Cl)cc(C(=O)N2CCCC2C(C)(C)O)cc1Cl. The van der Waals surface area contributed by atoms with Crippen LogP contribution in [0.2, 0.25) is 10.0 Å². The largest absolute Gasteiger partial charge is 0.494 e. The van der Waals surface area contributed by atoms with E-state index in [4.69, 9.17) is 27.9 Å². The molecule has 1 aliphatic rings. The molecule has 1 aliphatic heterocycles. The van der Waals surface area contributed by atoms with Gasteiger partial charge in [0.1, 0.15) is 0 Å². The fraction of sp³-hybridized carbons (Fsp3) is 0.533. The number of methoxy groups -OCH3 is 1. The summed E-state index contributed by atoms with van der Waals surface area (Å²) in [6.07, 6.45) is 1.66. The standard InChI is InChI=1S/C15H19Cl2NO3/c1-15(2,20)12-5-4-6-18(12)14(19)9-7-10(16)13(21-3)11(17)8-9/h7-8,12,20H,4-6H2,1-3H3. The Labute approximate surface area is 134 Å². The van der Waals surface area contributed by atoms with Crippen LogP contribution >= 0.6 is 23.2 Å². The normalized spacial score (nSPS) is 19.0. The second-order valence-corrected chi connectivity index (χ2v) is 6.60. The van der Waals surface area contributed by atoms with Crippen LogP contribution in [0.25, 0.3) is 0 Å². The highest BCUT2D eigenvalue weighted by atomic mass is 35.5. The van der Waals surface area contributed by atoms with E-state index in [0.29, 0.717) is 27.9 Å². The Balaban J connectivity index is 2.32. The van der Waals surface area contributed by atoms with Crippen LogP contribution in [0, 0.1) is 0 Å². The minimum atomic E-state index is -0.938. The van der Waals surface area contributed by atoms with Crippen LogP contribution < -0.4 is 4.74 Å². The monoisotopic (exact) mass is 331 g/mol. The van der Waals surface area contributed by atoms with Crippen molar-refractivity contribution in [2.75, 3.05) is 13.7 Å². The smallest absolute Gasteiger partial charge is 0.254 e. The van der Waals surface area contributed by atoms with E-state index in [0.717, 1.165) is 12.8 Å². The molecule has 116 valence electrons. The third-order valence-corrected chi connectivity index (χ3v) is 4.34. The van der Waals surface area contributed by atoms with E-state index in [1.54, 1.807) is 30.9 Å². The van der Waals surface area contributed by atoms with Gasteiger partial charge in [-0.3, -0.25) is 4.79 Å². The van der Waals surface area contributed by atoms with Gasteiger partial charge in [0.25, 0.3) is 5.91 Å². The van der Waals surface area contributed by atoms with Crippen LogP contribution in [-0.4, -0.2) is 41.2 Å². The molecule has 1 N–H and O–H groups in total. The summed E-state index contributed by atoms with van der Waals surface area (Å²) in [6.45, 7) is 4.06. The predicted molar refractivity (Wildman–Crippen MR) is 83.4 cm³/mol. The lowest BCUT2D eigenvalue weighted by atomic mass is 9.96. The number of benzene rings is 1. The molecule has 0 spiro atoms. The van der Waals surface area contributed by atoms with Crippen LogP contribution in [0.15, 0.2) is 12.1 Å². The van der Waals surface area contributed by atoms with Crippen molar-refractivity contribution < 1.29 is 14.6 Å². The van der Waals surface area contributed by atoms with Gasteiger partial charge in [0.15, 0.2) is 5.75 Å². The summed E-state index contributed by atoms with van der Waals surface area (Å²) in [5, 5.41) is 10.8. The Morgan fingerprint density at radius 1 is 1.38 bits per heavy atom. The molecule has 0 saturated carbocycles. The molecule has 1 unspecified atom stereocenters. The number of rotatable bonds is 3. The lowest BCUT2D eigenvalue weighted by molar-refractivity contribution is 0.000335. The maximum atomic E-state index is 12.7. The molecule has 1 heterocycles. The number of nitrogens with zero attached hydrogens (tertiary/aromatic N) is 1. The Bertz CT molecular complexity index is 531. The minimum absolute atomic E-state index is 0.175. The Morgan fingerprint density at radius 2 is 1.95 bits per heavy atom. The summed E-state index contributed by atoms with van der Waals surface area (Å²) in [4.78, 5) is 14.4. The van der Waals surface area contributed by atoms with Gasteiger partial charge in [-0.2, -0.15) is 0 Å². The molecule has 1 saturated heterocycles. The van der Waals surface area contributed by atoms with E-state index in [2.05, 4.69) is 0 Å². The van der Waals surface area contributed by atoms with Crippen LogP contribution in [-0.2, 0) is 0 Å². The zero-order valence-electron chi connectivity index (χ0n) is 12.3. The van der Waals surface area contributed by atoms with Gasteiger partial charge in [-0.25, -0.2) is 0 Å². The van der Waals surface area contributed by atoms with Crippen molar-refractivity contribution in [3.8, 4) is 5.75 Å². The lowest BCUT2D eigenvalue weighted by Gasteiger charge is -2.34. The molecular formula is C15H19Cl2NO3. The van der Waals surface area contributed by atoms with E-state index in [1.165, 1.54) is 7.11 Å². The van der Waals surface area contributed by atoms with Crippen LogP contribution in [0.3, 0.4) is 0 Å². The summed E-state index contributed by atoms with van der Waals surface area (Å²) in [5.74, 6) is 0.182. The molecule has 0 aromatic heterocycles. The van der Waals surface area contributed by atoms with E-state index in [9.17, 15) is 9.90 Å². The second kappa shape index (κ2) is 6.03. The highest BCUT2D eigenvalue weighted by Gasteiger charge is 2.38. The average molecular weight is 332 g/mol. The van der Waals surface area contributed by atoms with Crippen LogP contribution in [0.1, 0.15) is 37.0 Å². The van der Waals surface area contributed by atoms with Crippen molar-refractivity contribution in [1.29, 1.82) is 0 Å². The Hall–Kier alpha value is -0.970. The number of hydrogen-bond donors (Lipinski definition) is 1. The summed E-state index contributed by atoms with van der Waals surface area (Å²) in [7, 11) is 1.47. The van der Waals surface area contributed by atoms with Gasteiger partial charge >= 0.3 is 0 Å². The van der Waals surface area contributed by atoms with E-state index in [1.807, 2.05) is 0 Å². The molecule has 1 aromatic rings. The fourth-order valence-corrected chi connectivity index (χ4v) is 3.43. The number of carbonyl (C=O) groups excluding carboxylic acids is 1. The van der Waals surface area contributed by atoms with Gasteiger partial charge in [0.05, 0.1) is 28.8 Å². The van der Waals surface area contributed by atoms with Gasteiger partial charge in [0.2, 0.25) is 0 Å². The van der Waals surface area contributed by atoms with Gasteiger partial charge in [-0.05, 0) is 38.8 Å². The average Bonchev–Trinajstić information content (AvgIpc) is 2.86. The zero-order valence-corrected chi connectivity index (χ0v) is 13.8. The van der Waals surface area contributed by atoms with Crippen LogP contribution in [0.4, 0.5) is 0 Å². The maximum Gasteiger partial charge on any atom is 0.254 e. The van der Waals surface area contributed by atoms with Crippen LogP contribution in [0.5, 0.6) is 5.75 Å². The molecule has 1 amide bonds. The summed E-state index contributed by atoms with van der Waals surface area (Å²) in [6, 6.07) is 2.90. The number of amides is 1. The van der Waals surface area contributed by atoms with E-state index >= 15 is 0 Å². The van der Waals surface area contributed by atoms with Gasteiger partial charge in [-0.15, -0.1) is 0 Å². The number of aliphatic hydroxyl groups is 1. The first-order chi connectivity index (χ1) is 9.75. The molecule has 1 fully saturated rings. The van der Waals surface area contributed by atoms with Crippen molar-refractivity contribution in [1.82, 2.24) is 4.90 Å². The quantitative estimate of drug-likeness (QED) is 0.923. The predicted octanol–water partition coefficient (Wildman–Crippen LogP) is 3.38.